The Bertz CT molecular complexity index is 3350. The van der Waals surface area contributed by atoms with E-state index in [4.69, 9.17) is 16.0 Å². The molecule has 6 atom stereocenters. The summed E-state index contributed by atoms with van der Waals surface area (Å²) >= 11 is 5.01. The van der Waals surface area contributed by atoms with Crippen LogP contribution in [0, 0.1) is 0 Å². The topological polar surface area (TPSA) is 184 Å². The molecular weight excluding hydrogens is 1060 g/mol. The molecule has 0 spiro atoms. The average molecular weight is 1130 g/mol. The van der Waals surface area contributed by atoms with Gasteiger partial charge in [0, 0.05) is 79.9 Å². The van der Waals surface area contributed by atoms with Gasteiger partial charge in [-0.3, -0.25) is 33.7 Å². The van der Waals surface area contributed by atoms with Crippen LogP contribution in [0.3, 0.4) is 0 Å². The van der Waals surface area contributed by atoms with E-state index >= 15 is 0 Å². The molecule has 3 aliphatic heterocycles. The number of para-hydroxylation sites is 6. The van der Waals surface area contributed by atoms with Crippen LogP contribution in [0.1, 0.15) is 124 Å². The zero-order chi connectivity index (χ0) is 58.7. The molecule has 3 aliphatic rings. The number of furan rings is 2. The highest BCUT2D eigenvalue weighted by Gasteiger charge is 2.39. The molecule has 16 heteroatoms. The molecular formula is C66H69ClN6O9. The maximum atomic E-state index is 13.4. The Labute approximate surface area is 484 Å². The maximum absolute atomic E-state index is 13.4. The highest BCUT2D eigenvalue weighted by Crippen LogP contribution is 2.43. The van der Waals surface area contributed by atoms with Crippen molar-refractivity contribution < 1.29 is 42.3 Å². The molecule has 424 valence electrons. The fourth-order valence-electron chi connectivity index (χ4n) is 10.4. The smallest absolute Gasteiger partial charge is 0.310 e. The molecule has 0 radical (unpaired) electrons. The zero-order valence-electron chi connectivity index (χ0n) is 47.0. The number of halogens is 1. The summed E-state index contributed by atoms with van der Waals surface area (Å²) in [4.78, 5) is 72.9. The standard InChI is InChI=1S/C23H22N2O3.C18H20N2O.C16H18N2.C5H3ClO2.C4H6O3/c1-16-15-21(19-11-6-7-12-20(19)24(16)17(2)26)25(18-9-4-3-5-10-18)23(27)22-13-8-14-28-22;1-13-12-17(19-15-8-4-3-5-9-15)16-10-6-7-11-18(16)20(13)14(2)21;1-12-11-16(18-13-7-3-2-4-8-13)14-9-5-6-10-15(14)17-12;6-5(7)4-2-1-3-8-4;1-3(5)7-4(2)6/h3-14,16,21H,15H2,1-2H3;3-11,13,17,19H,12H2,1-2H3;2-10,12,16-18H,11H2,1H3;1-3H;1-2H3. The van der Waals surface area contributed by atoms with Gasteiger partial charge in [0.2, 0.25) is 11.8 Å². The third kappa shape index (κ3) is 16.2. The van der Waals surface area contributed by atoms with Crippen LogP contribution in [0.15, 0.2) is 209 Å². The Hall–Kier alpha value is -9.21. The Morgan fingerprint density at radius 1 is 0.512 bits per heavy atom. The molecule has 0 bridgehead atoms. The Morgan fingerprint density at radius 3 is 1.43 bits per heavy atom. The predicted molar refractivity (Wildman–Crippen MR) is 323 cm³/mol. The molecule has 82 heavy (non-hydrogen) atoms. The fraction of sp³-hybridized carbons (Fsp3) is 0.242. The molecule has 0 aliphatic carbocycles. The number of carbonyl (C=O) groups excluding carboxylic acids is 6. The number of esters is 2. The van der Waals surface area contributed by atoms with Gasteiger partial charge in [-0.2, -0.15) is 0 Å². The lowest BCUT2D eigenvalue weighted by molar-refractivity contribution is -0.156. The van der Waals surface area contributed by atoms with Gasteiger partial charge in [-0.25, -0.2) is 0 Å². The summed E-state index contributed by atoms with van der Waals surface area (Å²) in [6, 6.07) is 62.4. The van der Waals surface area contributed by atoms with E-state index in [1.165, 1.54) is 54.9 Å². The molecule has 3 N–H and O–H groups in total. The summed E-state index contributed by atoms with van der Waals surface area (Å²) in [6.45, 7) is 11.9. The second-order valence-electron chi connectivity index (χ2n) is 19.9. The second-order valence-corrected chi connectivity index (χ2v) is 20.2. The SMILES string of the molecule is CC(=O)N1c2ccccc2C(N(C(=O)c2ccco2)c2ccccc2)CC1C.CC(=O)N1c2ccccc2C(Nc2ccccc2)CC1C.CC(=O)OC(C)=O.CC1CC(Nc2ccccc2)c2ccccc2N1.O=C(Cl)c1ccco1. The molecule has 15 nitrogen and oxygen atoms in total. The van der Waals surface area contributed by atoms with Gasteiger partial charge in [0.05, 0.1) is 30.7 Å². The van der Waals surface area contributed by atoms with E-state index in [-0.39, 0.29) is 47.6 Å². The maximum Gasteiger partial charge on any atom is 0.310 e. The quantitative estimate of drug-likeness (QED) is 0.0744. The first-order valence-electron chi connectivity index (χ1n) is 27.1. The van der Waals surface area contributed by atoms with Gasteiger partial charge < -0.3 is 39.3 Å². The summed E-state index contributed by atoms with van der Waals surface area (Å²) in [6.07, 6.45) is 5.55. The van der Waals surface area contributed by atoms with Crippen molar-refractivity contribution in [2.75, 3.05) is 30.7 Å². The Morgan fingerprint density at radius 2 is 0.951 bits per heavy atom. The molecule has 8 aromatic rings. The number of hydrogen-bond donors (Lipinski definition) is 3. The lowest BCUT2D eigenvalue weighted by atomic mass is 9.89. The van der Waals surface area contributed by atoms with Crippen molar-refractivity contribution in [1.82, 2.24) is 0 Å². The molecule has 3 amide bonds. The van der Waals surface area contributed by atoms with E-state index in [1.54, 1.807) is 36.9 Å². The lowest BCUT2D eigenvalue weighted by Crippen LogP contribution is -2.47. The number of fused-ring (bicyclic) bond motifs is 3. The normalized spacial score (nSPS) is 18.0. The number of amides is 3. The van der Waals surface area contributed by atoms with Crippen LogP contribution < -0.4 is 30.7 Å². The van der Waals surface area contributed by atoms with Crippen LogP contribution in [0.2, 0.25) is 0 Å². The Balaban J connectivity index is 0.000000160. The lowest BCUT2D eigenvalue weighted by Gasteiger charge is -2.43. The van der Waals surface area contributed by atoms with E-state index < -0.39 is 17.2 Å². The third-order valence-electron chi connectivity index (χ3n) is 13.7. The number of carbonyl (C=O) groups is 6. The van der Waals surface area contributed by atoms with Crippen LogP contribution in [0.4, 0.5) is 34.1 Å². The fourth-order valence-corrected chi connectivity index (χ4v) is 10.5. The number of benzene rings is 6. The summed E-state index contributed by atoms with van der Waals surface area (Å²) in [5.41, 5.74) is 9.74. The van der Waals surface area contributed by atoms with Crippen molar-refractivity contribution in [2.24, 2.45) is 0 Å². The van der Waals surface area contributed by atoms with Crippen molar-refractivity contribution in [3.8, 4) is 0 Å². The third-order valence-corrected chi connectivity index (χ3v) is 13.9. The van der Waals surface area contributed by atoms with Crippen molar-refractivity contribution in [2.45, 2.75) is 104 Å². The van der Waals surface area contributed by atoms with E-state index in [0.29, 0.717) is 24.3 Å². The Kier molecular flexibility index (Phi) is 21.6. The van der Waals surface area contributed by atoms with Crippen LogP contribution >= 0.6 is 11.6 Å². The summed E-state index contributed by atoms with van der Waals surface area (Å²) in [7, 11) is 0. The van der Waals surface area contributed by atoms with Gasteiger partial charge in [-0.05, 0) is 147 Å². The largest absolute Gasteiger partial charge is 0.460 e. The highest BCUT2D eigenvalue weighted by atomic mass is 35.5. The first kappa shape index (κ1) is 60.4. The van der Waals surface area contributed by atoms with Gasteiger partial charge in [-0.1, -0.05) is 109 Å². The van der Waals surface area contributed by atoms with E-state index in [9.17, 15) is 28.8 Å². The first-order valence-corrected chi connectivity index (χ1v) is 27.5. The van der Waals surface area contributed by atoms with Crippen molar-refractivity contribution in [1.29, 1.82) is 0 Å². The van der Waals surface area contributed by atoms with Gasteiger partial charge >= 0.3 is 11.9 Å². The molecule has 6 unspecified atom stereocenters. The minimum atomic E-state index is -0.562. The molecule has 0 saturated heterocycles. The van der Waals surface area contributed by atoms with Crippen molar-refractivity contribution in [3.05, 3.63) is 229 Å². The van der Waals surface area contributed by atoms with Gasteiger partial charge in [0.15, 0.2) is 11.5 Å². The minimum Gasteiger partial charge on any atom is -0.460 e. The monoisotopic (exact) mass is 1120 g/mol. The first-order chi connectivity index (χ1) is 39.5. The summed E-state index contributed by atoms with van der Waals surface area (Å²) < 4.78 is 14.0. The van der Waals surface area contributed by atoms with E-state index in [2.05, 4.69) is 106 Å². The molecule has 11 rings (SSSR count). The van der Waals surface area contributed by atoms with Gasteiger partial charge in [-0.15, -0.1) is 0 Å². The number of anilines is 6. The average Bonchev–Trinajstić information content (AvgIpc) is 4.36. The highest BCUT2D eigenvalue weighted by molar-refractivity contribution is 6.67. The number of ether oxygens (including phenoxy) is 1. The molecule has 5 heterocycles. The van der Waals surface area contributed by atoms with Crippen molar-refractivity contribution >= 4 is 80.6 Å². The van der Waals surface area contributed by atoms with Crippen LogP contribution in [0.5, 0.6) is 0 Å². The summed E-state index contributed by atoms with van der Waals surface area (Å²) in [5.74, 6) is -0.732. The molecule has 0 fully saturated rings. The molecule has 0 saturated carbocycles. The number of rotatable bonds is 8. The number of nitrogens with zero attached hydrogens (tertiary/aromatic N) is 3. The van der Waals surface area contributed by atoms with E-state index in [0.717, 1.165) is 41.2 Å². The van der Waals surface area contributed by atoms with Gasteiger partial charge in [0.25, 0.3) is 11.1 Å². The molecule has 6 aromatic carbocycles. The zero-order valence-corrected chi connectivity index (χ0v) is 47.8. The summed E-state index contributed by atoms with van der Waals surface area (Å²) in [5, 5.41) is 10.2. The van der Waals surface area contributed by atoms with Crippen molar-refractivity contribution in [3.63, 3.8) is 0 Å². The predicted octanol–water partition coefficient (Wildman–Crippen LogP) is 14.6. The van der Waals surface area contributed by atoms with Crippen LogP contribution in [-0.2, 0) is 23.9 Å². The second kappa shape index (κ2) is 29.3. The van der Waals surface area contributed by atoms with Crippen LogP contribution in [-0.4, -0.2) is 53.0 Å². The van der Waals surface area contributed by atoms with Crippen LogP contribution in [0.25, 0.3) is 0 Å². The minimum absolute atomic E-state index is 0.00187. The molecule has 2 aromatic heterocycles. The number of hydrogen-bond acceptors (Lipinski definition) is 12. The van der Waals surface area contributed by atoms with E-state index in [1.807, 2.05) is 114 Å². The van der Waals surface area contributed by atoms with Gasteiger partial charge in [0.1, 0.15) is 0 Å². The number of nitrogens with one attached hydrogen (secondary N) is 3.